The van der Waals surface area contributed by atoms with Gasteiger partial charge in [0, 0.05) is 31.5 Å². The van der Waals surface area contributed by atoms with E-state index in [1.807, 2.05) is 12.1 Å². The van der Waals surface area contributed by atoms with Crippen LogP contribution in [0.2, 0.25) is 5.02 Å². The summed E-state index contributed by atoms with van der Waals surface area (Å²) in [6.45, 7) is 2.61. The van der Waals surface area contributed by atoms with E-state index in [9.17, 15) is 8.42 Å². The lowest BCUT2D eigenvalue weighted by molar-refractivity contribution is 0.173. The number of fused-ring (bicyclic) bond motifs is 1. The Bertz CT molecular complexity index is 964. The van der Waals surface area contributed by atoms with Crippen molar-refractivity contribution in [1.29, 1.82) is 0 Å². The summed E-state index contributed by atoms with van der Waals surface area (Å²) in [6.07, 6.45) is 4.82. The smallest absolute Gasteiger partial charge is 0.231 e. The molecule has 4 rings (SSSR count). The molecule has 0 N–H and O–H groups in total. The summed E-state index contributed by atoms with van der Waals surface area (Å²) in [5.41, 5.74) is 1.72. The van der Waals surface area contributed by atoms with Crippen molar-refractivity contribution in [2.24, 2.45) is 0 Å². The van der Waals surface area contributed by atoms with E-state index in [0.717, 1.165) is 31.5 Å². The molecule has 6 nitrogen and oxygen atoms in total. The van der Waals surface area contributed by atoms with Crippen molar-refractivity contribution >= 4 is 21.4 Å². The highest BCUT2D eigenvalue weighted by atomic mass is 35.5. The zero-order valence-corrected chi connectivity index (χ0v) is 16.6. The molecule has 27 heavy (non-hydrogen) atoms. The number of piperidine rings is 1. The molecule has 1 unspecified atom stereocenters. The lowest BCUT2D eigenvalue weighted by Crippen LogP contribution is -2.34. The van der Waals surface area contributed by atoms with Crippen molar-refractivity contribution in [3.05, 3.63) is 46.7 Å². The number of hydrogen-bond donors (Lipinski definition) is 0. The molecule has 0 bridgehead atoms. The van der Waals surface area contributed by atoms with Crippen LogP contribution in [-0.2, 0) is 16.4 Å². The van der Waals surface area contributed by atoms with E-state index in [1.165, 1.54) is 6.26 Å². The van der Waals surface area contributed by atoms with Gasteiger partial charge in [-0.3, -0.25) is 9.88 Å². The molecule has 3 heterocycles. The van der Waals surface area contributed by atoms with E-state index >= 15 is 0 Å². The van der Waals surface area contributed by atoms with E-state index < -0.39 is 9.84 Å². The van der Waals surface area contributed by atoms with Crippen LogP contribution in [0.15, 0.2) is 35.4 Å². The van der Waals surface area contributed by atoms with Gasteiger partial charge in [0.2, 0.25) is 6.79 Å². The quantitative estimate of drug-likeness (QED) is 0.773. The number of sulfone groups is 1. The van der Waals surface area contributed by atoms with Gasteiger partial charge in [-0.05, 0) is 49.2 Å². The fourth-order valence-electron chi connectivity index (χ4n) is 3.82. The van der Waals surface area contributed by atoms with Gasteiger partial charge in [0.25, 0.3) is 0 Å². The zero-order valence-electron chi connectivity index (χ0n) is 15.0. The average molecular weight is 409 g/mol. The van der Waals surface area contributed by atoms with Gasteiger partial charge in [-0.1, -0.05) is 11.6 Å². The molecule has 1 atom stereocenters. The van der Waals surface area contributed by atoms with Crippen LogP contribution in [0, 0.1) is 0 Å². The molecular formula is C19H21ClN2O4S. The number of nitrogens with zero attached hydrogens (tertiary/aromatic N) is 2. The summed E-state index contributed by atoms with van der Waals surface area (Å²) in [7, 11) is -3.30. The van der Waals surface area contributed by atoms with Crippen LogP contribution < -0.4 is 9.47 Å². The third kappa shape index (κ3) is 3.90. The highest BCUT2D eigenvalue weighted by Gasteiger charge is 2.27. The summed E-state index contributed by atoms with van der Waals surface area (Å²) >= 11 is 6.29. The van der Waals surface area contributed by atoms with Crippen molar-refractivity contribution in [2.45, 2.75) is 30.2 Å². The molecular weight excluding hydrogens is 388 g/mol. The fourth-order valence-corrected chi connectivity index (χ4v) is 5.03. The summed E-state index contributed by atoms with van der Waals surface area (Å²) in [5.74, 6) is 1.37. The van der Waals surface area contributed by atoms with Gasteiger partial charge in [-0.15, -0.1) is 0 Å². The molecule has 0 spiro atoms. The highest BCUT2D eigenvalue weighted by Crippen LogP contribution is 2.40. The van der Waals surface area contributed by atoms with Crippen molar-refractivity contribution in [1.82, 2.24) is 9.88 Å². The second-order valence-electron chi connectivity index (χ2n) is 7.04. The van der Waals surface area contributed by atoms with Gasteiger partial charge in [-0.2, -0.15) is 0 Å². The largest absolute Gasteiger partial charge is 0.454 e. The average Bonchev–Trinajstić information content (AvgIpc) is 3.10. The molecule has 2 aliphatic rings. The SMILES string of the molecule is CS(=O)(=O)c1cccnc1C1CCCN(Cc2cc(Cl)c3c(c2)OCO3)C1. The van der Waals surface area contributed by atoms with Crippen LogP contribution in [0.4, 0.5) is 0 Å². The second-order valence-corrected chi connectivity index (χ2v) is 9.44. The van der Waals surface area contributed by atoms with Crippen LogP contribution >= 0.6 is 11.6 Å². The molecule has 2 aliphatic heterocycles. The summed E-state index contributed by atoms with van der Waals surface area (Å²) in [4.78, 5) is 7.05. The Labute approximate surface area is 164 Å². The number of pyridine rings is 1. The first-order chi connectivity index (χ1) is 12.9. The van der Waals surface area contributed by atoms with Crippen LogP contribution in [0.3, 0.4) is 0 Å². The first-order valence-electron chi connectivity index (χ1n) is 8.87. The summed E-state index contributed by atoms with van der Waals surface area (Å²) in [6, 6.07) is 7.19. The van der Waals surface area contributed by atoms with E-state index in [2.05, 4.69) is 9.88 Å². The minimum atomic E-state index is -3.30. The monoisotopic (exact) mass is 408 g/mol. The number of benzene rings is 1. The lowest BCUT2D eigenvalue weighted by atomic mass is 9.94. The summed E-state index contributed by atoms with van der Waals surface area (Å²) < 4.78 is 35.1. The Morgan fingerprint density at radius 3 is 3.00 bits per heavy atom. The molecule has 0 saturated carbocycles. The Balaban J connectivity index is 1.54. The zero-order chi connectivity index (χ0) is 19.0. The van der Waals surface area contributed by atoms with Gasteiger partial charge >= 0.3 is 0 Å². The summed E-state index contributed by atoms with van der Waals surface area (Å²) in [5, 5.41) is 0.553. The molecule has 144 valence electrons. The molecule has 0 aliphatic carbocycles. The molecule has 8 heteroatoms. The predicted octanol–water partition coefficient (Wildman–Crippen LogP) is 3.25. The molecule has 1 aromatic heterocycles. The third-order valence-electron chi connectivity index (χ3n) is 4.98. The first-order valence-corrected chi connectivity index (χ1v) is 11.1. The maximum absolute atomic E-state index is 12.1. The topological polar surface area (TPSA) is 68.7 Å². The minimum Gasteiger partial charge on any atom is -0.454 e. The van der Waals surface area contributed by atoms with E-state index in [4.69, 9.17) is 21.1 Å². The number of hydrogen-bond acceptors (Lipinski definition) is 6. The van der Waals surface area contributed by atoms with Crippen molar-refractivity contribution in [2.75, 3.05) is 26.1 Å². The van der Waals surface area contributed by atoms with Crippen LogP contribution in [0.25, 0.3) is 0 Å². The van der Waals surface area contributed by atoms with Crippen molar-refractivity contribution in [3.8, 4) is 11.5 Å². The van der Waals surface area contributed by atoms with Gasteiger partial charge in [0.15, 0.2) is 21.3 Å². The number of ether oxygens (including phenoxy) is 2. The Morgan fingerprint density at radius 2 is 2.19 bits per heavy atom. The predicted molar refractivity (Wildman–Crippen MR) is 102 cm³/mol. The van der Waals surface area contributed by atoms with Crippen LogP contribution in [0.5, 0.6) is 11.5 Å². The first kappa shape index (κ1) is 18.5. The van der Waals surface area contributed by atoms with Gasteiger partial charge in [-0.25, -0.2) is 8.42 Å². The normalized spacial score (nSPS) is 20.0. The third-order valence-corrected chi connectivity index (χ3v) is 6.41. The molecule has 1 saturated heterocycles. The highest BCUT2D eigenvalue weighted by molar-refractivity contribution is 7.90. The minimum absolute atomic E-state index is 0.0918. The van der Waals surface area contributed by atoms with Crippen molar-refractivity contribution < 1.29 is 17.9 Å². The van der Waals surface area contributed by atoms with Crippen molar-refractivity contribution in [3.63, 3.8) is 0 Å². The van der Waals surface area contributed by atoms with Crippen LogP contribution in [-0.4, -0.2) is 44.4 Å². The van der Waals surface area contributed by atoms with Gasteiger partial charge < -0.3 is 9.47 Å². The Hall–Kier alpha value is -1.83. The second kappa shape index (κ2) is 7.30. The van der Waals surface area contributed by atoms with Gasteiger partial charge in [0.1, 0.15) is 0 Å². The number of likely N-dealkylation sites (tertiary alicyclic amines) is 1. The number of rotatable bonds is 4. The molecule has 1 aromatic carbocycles. The van der Waals surface area contributed by atoms with E-state index in [-0.39, 0.29) is 12.7 Å². The molecule has 0 radical (unpaired) electrons. The van der Waals surface area contributed by atoms with Gasteiger partial charge in [0.05, 0.1) is 15.6 Å². The molecule has 2 aromatic rings. The Morgan fingerprint density at radius 1 is 1.33 bits per heavy atom. The van der Waals surface area contributed by atoms with E-state index in [1.54, 1.807) is 18.3 Å². The lowest BCUT2D eigenvalue weighted by Gasteiger charge is -2.33. The Kier molecular flexibility index (Phi) is 5.01. The molecule has 1 fully saturated rings. The maximum atomic E-state index is 12.1. The van der Waals surface area contributed by atoms with E-state index in [0.29, 0.717) is 33.7 Å². The maximum Gasteiger partial charge on any atom is 0.231 e. The molecule has 0 amide bonds. The fraction of sp³-hybridized carbons (Fsp3) is 0.421. The standard InChI is InChI=1S/C19H21ClN2O4S/c1-27(23,24)17-5-2-6-21-18(17)14-4-3-7-22(11-14)10-13-8-15(20)19-16(9-13)25-12-26-19/h2,5-6,8-9,14H,3-4,7,10-12H2,1H3. The number of aromatic nitrogens is 1. The number of halogens is 1. The van der Waals surface area contributed by atoms with Crippen LogP contribution in [0.1, 0.15) is 30.0 Å².